The smallest absolute Gasteiger partial charge is 0.270 e. The number of aromatic nitrogens is 4. The van der Waals surface area contributed by atoms with Gasteiger partial charge in [0.1, 0.15) is 5.01 Å². The van der Waals surface area contributed by atoms with E-state index in [9.17, 15) is 14.9 Å². The number of anilines is 1. The van der Waals surface area contributed by atoms with Crippen molar-refractivity contribution in [3.8, 4) is 10.6 Å². The third kappa shape index (κ3) is 3.86. The van der Waals surface area contributed by atoms with Crippen LogP contribution in [0.5, 0.6) is 0 Å². The quantitative estimate of drug-likeness (QED) is 0.282. The van der Waals surface area contributed by atoms with Gasteiger partial charge in [0, 0.05) is 23.3 Å². The zero-order valence-electron chi connectivity index (χ0n) is 15.4. The summed E-state index contributed by atoms with van der Waals surface area (Å²) in [6.45, 7) is 1.81. The molecule has 0 aliphatic heterocycles. The van der Waals surface area contributed by atoms with Gasteiger partial charge in [-0.3, -0.25) is 20.2 Å². The van der Waals surface area contributed by atoms with Crippen molar-refractivity contribution in [2.45, 2.75) is 6.92 Å². The molecule has 0 saturated heterocycles. The summed E-state index contributed by atoms with van der Waals surface area (Å²) < 4.78 is 1.65. The number of nitrogens with zero attached hydrogens (tertiary/aromatic N) is 5. The van der Waals surface area contributed by atoms with E-state index < -0.39 is 10.8 Å². The summed E-state index contributed by atoms with van der Waals surface area (Å²) >= 11 is 6.62. The lowest BCUT2D eigenvalue weighted by atomic mass is 10.2. The first-order chi connectivity index (χ1) is 14.4. The molecule has 0 atom stereocenters. The summed E-state index contributed by atoms with van der Waals surface area (Å²) in [6, 6.07) is 12.8. The van der Waals surface area contributed by atoms with Gasteiger partial charge in [-0.05, 0) is 37.3 Å². The molecule has 150 valence electrons. The third-order valence-electron chi connectivity index (χ3n) is 4.10. The first-order valence-corrected chi connectivity index (χ1v) is 9.80. The highest BCUT2D eigenvalue weighted by Gasteiger charge is 2.16. The molecule has 0 radical (unpaired) electrons. The van der Waals surface area contributed by atoms with E-state index in [1.165, 1.54) is 35.6 Å². The highest BCUT2D eigenvalue weighted by atomic mass is 32.1. The molecule has 2 N–H and O–H groups in total. The van der Waals surface area contributed by atoms with Crippen LogP contribution < -0.4 is 10.6 Å². The molecule has 4 aromatic rings. The highest BCUT2D eigenvalue weighted by molar-refractivity contribution is 7.80. The molecule has 1 amide bonds. The maximum absolute atomic E-state index is 12.4. The van der Waals surface area contributed by atoms with Crippen molar-refractivity contribution in [1.82, 2.24) is 25.1 Å². The Morgan fingerprint density at radius 3 is 2.77 bits per heavy atom. The van der Waals surface area contributed by atoms with Crippen molar-refractivity contribution >= 4 is 50.9 Å². The number of amides is 1. The molecular weight excluding hydrogens is 426 g/mol. The predicted octanol–water partition coefficient (Wildman–Crippen LogP) is 3.20. The summed E-state index contributed by atoms with van der Waals surface area (Å²) in [5, 5.41) is 29.7. The molecule has 10 nitrogen and oxygen atoms in total. The fourth-order valence-electron chi connectivity index (χ4n) is 2.69. The second-order valence-corrected chi connectivity index (χ2v) is 7.47. The van der Waals surface area contributed by atoms with Crippen LogP contribution in [0.2, 0.25) is 0 Å². The van der Waals surface area contributed by atoms with Crippen LogP contribution >= 0.6 is 23.6 Å². The van der Waals surface area contributed by atoms with E-state index in [1.807, 2.05) is 25.1 Å². The number of thiocarbonyl (C=S) groups is 1. The largest absolute Gasteiger partial charge is 0.332 e. The fourth-order valence-corrected chi connectivity index (χ4v) is 3.82. The van der Waals surface area contributed by atoms with Crippen LogP contribution in [0.15, 0.2) is 48.5 Å². The van der Waals surface area contributed by atoms with Gasteiger partial charge in [0.2, 0.25) is 4.96 Å². The first-order valence-electron chi connectivity index (χ1n) is 8.57. The van der Waals surface area contributed by atoms with Gasteiger partial charge in [-0.15, -0.1) is 10.2 Å². The molecule has 0 aliphatic rings. The molecule has 4 rings (SSSR count). The van der Waals surface area contributed by atoms with Gasteiger partial charge in [0.05, 0.1) is 10.6 Å². The number of nitrogens with one attached hydrogen (secondary N) is 2. The molecule has 2 aromatic heterocycles. The summed E-state index contributed by atoms with van der Waals surface area (Å²) in [5.41, 5.74) is 1.38. The minimum Gasteiger partial charge on any atom is -0.332 e. The van der Waals surface area contributed by atoms with Gasteiger partial charge in [-0.25, -0.2) is 0 Å². The van der Waals surface area contributed by atoms with E-state index >= 15 is 0 Å². The summed E-state index contributed by atoms with van der Waals surface area (Å²) in [6.07, 6.45) is 0. The average molecular weight is 439 g/mol. The number of hydrogen-bond acceptors (Lipinski definition) is 8. The van der Waals surface area contributed by atoms with Crippen LogP contribution in [0.25, 0.3) is 15.5 Å². The van der Waals surface area contributed by atoms with Crippen molar-refractivity contribution < 1.29 is 9.72 Å². The van der Waals surface area contributed by atoms with Crippen LogP contribution in [0.3, 0.4) is 0 Å². The van der Waals surface area contributed by atoms with Gasteiger partial charge < -0.3 is 5.32 Å². The van der Waals surface area contributed by atoms with Crippen LogP contribution in [0, 0.1) is 17.0 Å². The number of nitro benzene ring substituents is 1. The van der Waals surface area contributed by atoms with Crippen molar-refractivity contribution in [2.24, 2.45) is 0 Å². The molecule has 0 bridgehead atoms. The molecule has 0 saturated carbocycles. The summed E-state index contributed by atoms with van der Waals surface area (Å²) in [7, 11) is 0. The zero-order valence-corrected chi connectivity index (χ0v) is 17.0. The number of para-hydroxylation sites is 1. The summed E-state index contributed by atoms with van der Waals surface area (Å²) in [4.78, 5) is 23.4. The normalized spacial score (nSPS) is 10.7. The Morgan fingerprint density at radius 1 is 1.20 bits per heavy atom. The average Bonchev–Trinajstić information content (AvgIpc) is 3.30. The van der Waals surface area contributed by atoms with Crippen molar-refractivity contribution in [1.29, 1.82) is 0 Å². The number of hydrogen-bond donors (Lipinski definition) is 2. The maximum Gasteiger partial charge on any atom is 0.270 e. The number of aryl methyl sites for hydroxylation is 1. The van der Waals surface area contributed by atoms with Crippen molar-refractivity contribution in [3.05, 3.63) is 70.0 Å². The van der Waals surface area contributed by atoms with E-state index in [1.54, 1.807) is 10.6 Å². The number of carbonyl (C=O) groups excluding carboxylic acids is 1. The van der Waals surface area contributed by atoms with Crippen molar-refractivity contribution in [3.63, 3.8) is 0 Å². The fraction of sp³-hybridized carbons (Fsp3) is 0.0556. The molecule has 0 spiro atoms. The topological polar surface area (TPSA) is 127 Å². The van der Waals surface area contributed by atoms with Crippen LogP contribution in [-0.4, -0.2) is 35.8 Å². The minimum atomic E-state index is -0.564. The SMILES string of the molecule is Cc1nnc2sc(-c3ccccc3NC(=S)NC(=O)c3cccc([N+](=O)[O-])c3)nn12. The van der Waals surface area contributed by atoms with Gasteiger partial charge in [0.15, 0.2) is 10.9 Å². The Kier molecular flexibility index (Phi) is 5.16. The van der Waals surface area contributed by atoms with Crippen LogP contribution in [0.1, 0.15) is 16.2 Å². The number of nitro groups is 1. The molecular formula is C18H13N7O3S2. The molecule has 0 unspecified atom stereocenters. The molecule has 30 heavy (non-hydrogen) atoms. The second kappa shape index (κ2) is 7.93. The number of fused-ring (bicyclic) bond motifs is 1. The number of rotatable bonds is 4. The first kappa shape index (κ1) is 19.5. The molecule has 0 fully saturated rings. The van der Waals surface area contributed by atoms with E-state index in [-0.39, 0.29) is 16.4 Å². The Bertz CT molecular complexity index is 1300. The van der Waals surface area contributed by atoms with E-state index in [0.29, 0.717) is 21.5 Å². The van der Waals surface area contributed by atoms with Gasteiger partial charge in [-0.1, -0.05) is 29.5 Å². The third-order valence-corrected chi connectivity index (χ3v) is 5.23. The Hall–Kier alpha value is -3.77. The second-order valence-electron chi connectivity index (χ2n) is 6.11. The van der Waals surface area contributed by atoms with E-state index in [2.05, 4.69) is 25.9 Å². The lowest BCUT2D eigenvalue weighted by Crippen LogP contribution is -2.34. The lowest BCUT2D eigenvalue weighted by molar-refractivity contribution is -0.384. The standard InChI is InChI=1S/C18H13N7O3S2/c1-10-21-22-18-24(10)23-16(30-18)13-7-2-3-8-14(13)19-17(29)20-15(26)11-5-4-6-12(9-11)25(27)28/h2-9H,1H3,(H2,19,20,26,29). The number of carbonyl (C=O) groups is 1. The molecule has 12 heteroatoms. The van der Waals surface area contributed by atoms with Gasteiger partial charge >= 0.3 is 0 Å². The highest BCUT2D eigenvalue weighted by Crippen LogP contribution is 2.31. The Morgan fingerprint density at radius 2 is 2.00 bits per heavy atom. The Labute approximate surface area is 178 Å². The minimum absolute atomic E-state index is 0.0538. The Balaban J connectivity index is 1.53. The number of non-ortho nitro benzene ring substituents is 1. The molecule has 2 aromatic carbocycles. The molecule has 2 heterocycles. The van der Waals surface area contributed by atoms with E-state index in [4.69, 9.17) is 12.2 Å². The maximum atomic E-state index is 12.4. The van der Waals surface area contributed by atoms with Crippen molar-refractivity contribution in [2.75, 3.05) is 5.32 Å². The van der Waals surface area contributed by atoms with Crippen LogP contribution in [0.4, 0.5) is 11.4 Å². The summed E-state index contributed by atoms with van der Waals surface area (Å²) in [5.74, 6) is 0.126. The van der Waals surface area contributed by atoms with E-state index in [0.717, 1.165) is 5.56 Å². The van der Waals surface area contributed by atoms with Crippen LogP contribution in [-0.2, 0) is 0 Å². The van der Waals surface area contributed by atoms with Gasteiger partial charge in [0.25, 0.3) is 11.6 Å². The van der Waals surface area contributed by atoms with Gasteiger partial charge in [-0.2, -0.15) is 9.61 Å². The molecule has 0 aliphatic carbocycles. The zero-order chi connectivity index (χ0) is 21.3. The monoisotopic (exact) mass is 439 g/mol. The number of benzene rings is 2. The predicted molar refractivity (Wildman–Crippen MR) is 116 cm³/mol. The lowest BCUT2D eigenvalue weighted by Gasteiger charge is -2.12.